The first-order valence-electron chi connectivity index (χ1n) is 11.7. The van der Waals surface area contributed by atoms with Gasteiger partial charge < -0.3 is 26.2 Å². The molecule has 2 fully saturated rings. The SMILES string of the molecule is CN1CCN(c2cc(Nc3cc(NC4CCC4)c4ncc(N)n4n3)cc(-n3cnnc3)c2)CC1. The van der Waals surface area contributed by atoms with Crippen molar-refractivity contribution in [1.29, 1.82) is 0 Å². The van der Waals surface area contributed by atoms with Crippen LogP contribution in [0.15, 0.2) is 43.1 Å². The van der Waals surface area contributed by atoms with Crippen molar-refractivity contribution in [2.45, 2.75) is 25.3 Å². The highest BCUT2D eigenvalue weighted by Gasteiger charge is 2.20. The fraction of sp³-hybridized carbons (Fsp3) is 0.391. The van der Waals surface area contributed by atoms with Gasteiger partial charge in [0.05, 0.1) is 17.6 Å². The average molecular weight is 460 g/mol. The zero-order valence-corrected chi connectivity index (χ0v) is 19.2. The van der Waals surface area contributed by atoms with Gasteiger partial charge in [-0.25, -0.2) is 4.98 Å². The third-order valence-electron chi connectivity index (χ3n) is 6.72. The average Bonchev–Trinajstić information content (AvgIpc) is 3.47. The van der Waals surface area contributed by atoms with Crippen LogP contribution in [0.3, 0.4) is 0 Å². The molecule has 0 unspecified atom stereocenters. The quantitative estimate of drug-likeness (QED) is 0.399. The Morgan fingerprint density at radius 2 is 1.74 bits per heavy atom. The van der Waals surface area contributed by atoms with Crippen LogP contribution in [0.5, 0.6) is 0 Å². The number of nitrogens with one attached hydrogen (secondary N) is 2. The van der Waals surface area contributed by atoms with Crippen LogP contribution in [0, 0.1) is 0 Å². The van der Waals surface area contributed by atoms with Crippen LogP contribution in [0.1, 0.15) is 19.3 Å². The minimum Gasteiger partial charge on any atom is -0.382 e. The summed E-state index contributed by atoms with van der Waals surface area (Å²) in [5.41, 5.74) is 10.9. The van der Waals surface area contributed by atoms with Crippen molar-refractivity contribution in [3.05, 3.63) is 43.1 Å². The number of hydrogen-bond donors (Lipinski definition) is 3. The van der Waals surface area contributed by atoms with Gasteiger partial charge in [0.25, 0.3) is 0 Å². The first kappa shape index (κ1) is 20.7. The number of rotatable bonds is 6. The van der Waals surface area contributed by atoms with Gasteiger partial charge in [-0.2, -0.15) is 4.52 Å². The molecule has 11 nitrogen and oxygen atoms in total. The fourth-order valence-electron chi connectivity index (χ4n) is 4.47. The van der Waals surface area contributed by atoms with Crippen LogP contribution < -0.4 is 21.3 Å². The van der Waals surface area contributed by atoms with Crippen LogP contribution in [-0.4, -0.2) is 73.5 Å². The second kappa shape index (κ2) is 8.49. The lowest BCUT2D eigenvalue weighted by Crippen LogP contribution is -2.44. The summed E-state index contributed by atoms with van der Waals surface area (Å²) in [5, 5.41) is 19.8. The molecule has 4 N–H and O–H groups in total. The van der Waals surface area contributed by atoms with Crippen molar-refractivity contribution in [2.24, 2.45) is 0 Å². The molecule has 1 aliphatic carbocycles. The number of anilines is 5. The maximum absolute atomic E-state index is 6.16. The number of nitrogens with two attached hydrogens (primary N) is 1. The maximum atomic E-state index is 6.16. The third kappa shape index (κ3) is 3.98. The Labute approximate surface area is 197 Å². The summed E-state index contributed by atoms with van der Waals surface area (Å²) in [6.07, 6.45) is 8.67. The summed E-state index contributed by atoms with van der Waals surface area (Å²) >= 11 is 0. The molecule has 0 atom stereocenters. The second-order valence-electron chi connectivity index (χ2n) is 9.16. The number of benzene rings is 1. The summed E-state index contributed by atoms with van der Waals surface area (Å²) in [6.45, 7) is 4.03. The Bertz CT molecular complexity index is 1280. The van der Waals surface area contributed by atoms with Gasteiger partial charge in [0.2, 0.25) is 0 Å². The molecule has 11 heteroatoms. The van der Waals surface area contributed by atoms with E-state index in [4.69, 9.17) is 10.8 Å². The predicted molar refractivity (Wildman–Crippen MR) is 133 cm³/mol. The van der Waals surface area contributed by atoms with Crippen molar-refractivity contribution in [1.82, 2.24) is 34.3 Å². The molecule has 0 spiro atoms. The van der Waals surface area contributed by atoms with Crippen LogP contribution in [-0.2, 0) is 0 Å². The maximum Gasteiger partial charge on any atom is 0.179 e. The number of nitrogen functional groups attached to an aromatic ring is 1. The Morgan fingerprint density at radius 1 is 0.971 bits per heavy atom. The molecule has 1 saturated carbocycles. The van der Waals surface area contributed by atoms with Gasteiger partial charge in [-0.1, -0.05) is 0 Å². The number of imidazole rings is 1. The van der Waals surface area contributed by atoms with E-state index < -0.39 is 0 Å². The Balaban J connectivity index is 1.37. The smallest absolute Gasteiger partial charge is 0.179 e. The summed E-state index contributed by atoms with van der Waals surface area (Å²) in [7, 11) is 2.16. The van der Waals surface area contributed by atoms with Crippen LogP contribution in [0.4, 0.5) is 28.7 Å². The van der Waals surface area contributed by atoms with Gasteiger partial charge in [0, 0.05) is 49.7 Å². The van der Waals surface area contributed by atoms with Crippen molar-refractivity contribution in [2.75, 3.05) is 54.5 Å². The minimum atomic E-state index is 0.470. The molecule has 34 heavy (non-hydrogen) atoms. The highest BCUT2D eigenvalue weighted by atomic mass is 15.3. The molecule has 4 heterocycles. The second-order valence-corrected chi connectivity index (χ2v) is 9.16. The van der Waals surface area contributed by atoms with Crippen molar-refractivity contribution in [3.63, 3.8) is 0 Å². The summed E-state index contributed by atoms with van der Waals surface area (Å²) in [4.78, 5) is 9.23. The fourth-order valence-corrected chi connectivity index (χ4v) is 4.47. The van der Waals surface area contributed by atoms with E-state index >= 15 is 0 Å². The first-order valence-corrected chi connectivity index (χ1v) is 11.7. The molecule has 2 aliphatic rings. The standard InChI is InChI=1S/C23H29N11/c1-31-5-7-32(8-6-31)18-9-17(10-19(11-18)33-14-26-27-15-33)29-22-12-20(28-16-3-2-4-16)23-25-13-21(24)34(23)30-22/h9-16,28H,2-8,24H2,1H3,(H,29,30). The van der Waals surface area contributed by atoms with E-state index in [9.17, 15) is 0 Å². The molecule has 1 aromatic carbocycles. The van der Waals surface area contributed by atoms with Crippen molar-refractivity contribution < 1.29 is 0 Å². The summed E-state index contributed by atoms with van der Waals surface area (Å²) in [5.74, 6) is 1.20. The van der Waals surface area contributed by atoms with Gasteiger partial charge in [-0.3, -0.25) is 4.57 Å². The minimum absolute atomic E-state index is 0.470. The number of likely N-dealkylation sites (N-methyl/N-ethyl adjacent to an activating group) is 1. The number of fused-ring (bicyclic) bond motifs is 1. The van der Waals surface area contributed by atoms with E-state index in [2.05, 4.69) is 60.9 Å². The molecular formula is C23H29N11. The number of hydrogen-bond acceptors (Lipinski definition) is 9. The van der Waals surface area contributed by atoms with Gasteiger partial charge in [0.15, 0.2) is 11.5 Å². The zero-order valence-electron chi connectivity index (χ0n) is 19.2. The van der Waals surface area contributed by atoms with Gasteiger partial charge in [0.1, 0.15) is 18.5 Å². The molecular weight excluding hydrogens is 430 g/mol. The van der Waals surface area contributed by atoms with E-state index in [1.807, 2.05) is 10.6 Å². The molecule has 1 saturated heterocycles. The molecule has 1 aliphatic heterocycles. The van der Waals surface area contributed by atoms with Gasteiger partial charge in [-0.05, 0) is 44.5 Å². The molecule has 6 rings (SSSR count). The highest BCUT2D eigenvalue weighted by molar-refractivity contribution is 5.75. The Hall–Kier alpha value is -3.86. The summed E-state index contributed by atoms with van der Waals surface area (Å²) < 4.78 is 3.60. The van der Waals surface area contributed by atoms with E-state index in [0.29, 0.717) is 17.7 Å². The number of nitrogens with zero attached hydrogens (tertiary/aromatic N) is 8. The van der Waals surface area contributed by atoms with E-state index in [-0.39, 0.29) is 0 Å². The predicted octanol–water partition coefficient (Wildman–Crippen LogP) is 2.35. The summed E-state index contributed by atoms with van der Waals surface area (Å²) in [6, 6.07) is 8.90. The molecule has 0 bridgehead atoms. The van der Waals surface area contributed by atoms with E-state index in [0.717, 1.165) is 54.6 Å². The van der Waals surface area contributed by atoms with E-state index in [1.165, 1.54) is 19.3 Å². The topological polar surface area (TPSA) is 117 Å². The number of piperazine rings is 1. The third-order valence-corrected chi connectivity index (χ3v) is 6.72. The molecule has 0 amide bonds. The molecule has 0 radical (unpaired) electrons. The van der Waals surface area contributed by atoms with Crippen LogP contribution >= 0.6 is 0 Å². The van der Waals surface area contributed by atoms with Crippen molar-refractivity contribution >= 4 is 34.3 Å². The molecule has 4 aromatic rings. The van der Waals surface area contributed by atoms with Crippen LogP contribution in [0.2, 0.25) is 0 Å². The van der Waals surface area contributed by atoms with Crippen molar-refractivity contribution in [3.8, 4) is 5.69 Å². The van der Waals surface area contributed by atoms with Gasteiger partial charge >= 0.3 is 0 Å². The Morgan fingerprint density at radius 3 is 2.47 bits per heavy atom. The first-order chi connectivity index (χ1) is 16.6. The highest BCUT2D eigenvalue weighted by Crippen LogP contribution is 2.31. The normalized spacial score (nSPS) is 17.1. The molecule has 3 aromatic heterocycles. The monoisotopic (exact) mass is 459 g/mol. The zero-order chi connectivity index (χ0) is 23.1. The lowest BCUT2D eigenvalue weighted by molar-refractivity contribution is 0.313. The van der Waals surface area contributed by atoms with E-state index in [1.54, 1.807) is 23.4 Å². The lowest BCUT2D eigenvalue weighted by atomic mass is 9.93. The Kier molecular flexibility index (Phi) is 5.17. The van der Waals surface area contributed by atoms with Crippen LogP contribution in [0.25, 0.3) is 11.3 Å². The largest absolute Gasteiger partial charge is 0.382 e. The molecule has 176 valence electrons. The number of aromatic nitrogens is 6. The lowest BCUT2D eigenvalue weighted by Gasteiger charge is -2.34. The van der Waals surface area contributed by atoms with Gasteiger partial charge in [-0.15, -0.1) is 15.3 Å².